The van der Waals surface area contributed by atoms with Crippen LogP contribution in [0.25, 0.3) is 0 Å². The molecule has 2 N–H and O–H groups in total. The summed E-state index contributed by atoms with van der Waals surface area (Å²) in [6, 6.07) is 5.47. The van der Waals surface area contributed by atoms with E-state index in [9.17, 15) is 4.79 Å². The van der Waals surface area contributed by atoms with Gasteiger partial charge in [-0.2, -0.15) is 5.10 Å². The zero-order chi connectivity index (χ0) is 15.6. The highest BCUT2D eigenvalue weighted by atomic mass is 35.5. The number of hydrogen-bond acceptors (Lipinski definition) is 3. The highest BCUT2D eigenvalue weighted by molar-refractivity contribution is 6.34. The average molecular weight is 307 g/mol. The van der Waals surface area contributed by atoms with Crippen molar-refractivity contribution in [3.63, 3.8) is 0 Å². The van der Waals surface area contributed by atoms with Gasteiger partial charge in [0.25, 0.3) is 0 Å². The fourth-order valence-electron chi connectivity index (χ4n) is 2.18. The Balaban J connectivity index is 2.10. The van der Waals surface area contributed by atoms with E-state index in [0.29, 0.717) is 17.3 Å². The van der Waals surface area contributed by atoms with Crippen molar-refractivity contribution in [1.29, 1.82) is 0 Å². The molecule has 112 valence electrons. The Hall–Kier alpha value is -2.01. The summed E-state index contributed by atoms with van der Waals surface area (Å²) in [7, 11) is 1.94. The lowest BCUT2D eigenvalue weighted by Gasteiger charge is -2.10. The molecule has 0 radical (unpaired) electrons. The van der Waals surface area contributed by atoms with Crippen LogP contribution in [0.3, 0.4) is 0 Å². The molecule has 0 unspecified atom stereocenters. The number of amides is 1. The van der Waals surface area contributed by atoms with E-state index in [0.717, 1.165) is 17.1 Å². The third-order valence-corrected chi connectivity index (χ3v) is 3.72. The number of carbonyl (C=O) groups excluding carboxylic acids is 1. The van der Waals surface area contributed by atoms with E-state index in [1.54, 1.807) is 12.1 Å². The van der Waals surface area contributed by atoms with Gasteiger partial charge in [-0.15, -0.1) is 0 Å². The lowest BCUT2D eigenvalue weighted by Crippen LogP contribution is -2.07. The number of aromatic nitrogens is 2. The van der Waals surface area contributed by atoms with Crippen LogP contribution in [0.2, 0.25) is 5.02 Å². The summed E-state index contributed by atoms with van der Waals surface area (Å²) in [5.74, 6) is -0.140. The number of halogens is 1. The molecule has 0 aliphatic heterocycles. The minimum absolute atomic E-state index is 0.140. The van der Waals surface area contributed by atoms with Crippen molar-refractivity contribution in [2.75, 3.05) is 10.6 Å². The van der Waals surface area contributed by atoms with Gasteiger partial charge in [-0.25, -0.2) is 0 Å². The first-order valence-corrected chi connectivity index (χ1v) is 7.06. The molecule has 6 heteroatoms. The number of carbonyl (C=O) groups is 1. The van der Waals surface area contributed by atoms with Crippen LogP contribution in [0.1, 0.15) is 23.9 Å². The molecule has 2 rings (SSSR count). The van der Waals surface area contributed by atoms with Crippen LogP contribution in [-0.4, -0.2) is 15.7 Å². The van der Waals surface area contributed by atoms with E-state index in [1.165, 1.54) is 12.5 Å². The Morgan fingerprint density at radius 3 is 2.62 bits per heavy atom. The summed E-state index contributed by atoms with van der Waals surface area (Å²) in [5.41, 5.74) is 4.85. The zero-order valence-corrected chi connectivity index (χ0v) is 13.4. The van der Waals surface area contributed by atoms with Gasteiger partial charge in [0, 0.05) is 37.5 Å². The molecule has 0 saturated carbocycles. The van der Waals surface area contributed by atoms with Crippen molar-refractivity contribution in [2.24, 2.45) is 7.05 Å². The summed E-state index contributed by atoms with van der Waals surface area (Å²) >= 11 is 6.15. The predicted molar refractivity (Wildman–Crippen MR) is 85.8 cm³/mol. The number of rotatable bonds is 4. The highest BCUT2D eigenvalue weighted by Gasteiger charge is 2.09. The van der Waals surface area contributed by atoms with Gasteiger partial charge in [-0.3, -0.25) is 9.48 Å². The van der Waals surface area contributed by atoms with Crippen LogP contribution in [-0.2, 0) is 18.4 Å². The maximum atomic E-state index is 11.0. The van der Waals surface area contributed by atoms with Gasteiger partial charge in [0.15, 0.2) is 0 Å². The van der Waals surface area contributed by atoms with Crippen molar-refractivity contribution in [3.05, 3.63) is 40.2 Å². The first-order chi connectivity index (χ1) is 9.88. The molecule has 5 nitrogen and oxygen atoms in total. The largest absolute Gasteiger partial charge is 0.381 e. The van der Waals surface area contributed by atoms with E-state index in [2.05, 4.69) is 15.7 Å². The van der Waals surface area contributed by atoms with Crippen LogP contribution >= 0.6 is 11.6 Å². The SMILES string of the molecule is CC(=O)Nc1ccc(NCc2c(C)nn(C)c2C)cc1Cl. The molecule has 2 aromatic rings. The van der Waals surface area contributed by atoms with Crippen LogP contribution in [0.4, 0.5) is 11.4 Å². The minimum atomic E-state index is -0.140. The van der Waals surface area contributed by atoms with Gasteiger partial charge in [0.2, 0.25) is 5.91 Å². The lowest BCUT2D eigenvalue weighted by atomic mass is 10.2. The summed E-state index contributed by atoms with van der Waals surface area (Å²) in [6.07, 6.45) is 0. The summed E-state index contributed by atoms with van der Waals surface area (Å²) in [5, 5.41) is 10.9. The number of nitrogens with one attached hydrogen (secondary N) is 2. The Morgan fingerprint density at radius 1 is 1.38 bits per heavy atom. The molecule has 1 amide bonds. The van der Waals surface area contributed by atoms with Crippen molar-refractivity contribution >= 4 is 28.9 Å². The van der Waals surface area contributed by atoms with Gasteiger partial charge in [0.05, 0.1) is 16.4 Å². The number of nitrogens with zero attached hydrogens (tertiary/aromatic N) is 2. The molecule has 1 heterocycles. The quantitative estimate of drug-likeness (QED) is 0.911. The molecular weight excluding hydrogens is 288 g/mol. The van der Waals surface area contributed by atoms with Crippen molar-refractivity contribution in [1.82, 2.24) is 9.78 Å². The molecule has 21 heavy (non-hydrogen) atoms. The fourth-order valence-corrected chi connectivity index (χ4v) is 2.41. The van der Waals surface area contributed by atoms with Gasteiger partial charge in [-0.1, -0.05) is 11.6 Å². The first kappa shape index (κ1) is 15.4. The topological polar surface area (TPSA) is 59.0 Å². The normalized spacial score (nSPS) is 10.5. The Labute approximate surface area is 129 Å². The number of aryl methyl sites for hydroxylation is 2. The maximum absolute atomic E-state index is 11.0. The van der Waals surface area contributed by atoms with Crippen LogP contribution in [0.5, 0.6) is 0 Å². The molecule has 0 bridgehead atoms. The van der Waals surface area contributed by atoms with Gasteiger partial charge < -0.3 is 10.6 Å². The lowest BCUT2D eigenvalue weighted by molar-refractivity contribution is -0.114. The molecule has 1 aromatic carbocycles. The van der Waals surface area contributed by atoms with Gasteiger partial charge in [-0.05, 0) is 32.0 Å². The van der Waals surface area contributed by atoms with E-state index < -0.39 is 0 Å². The number of hydrogen-bond donors (Lipinski definition) is 2. The Morgan fingerprint density at radius 2 is 2.10 bits per heavy atom. The van der Waals surface area contributed by atoms with Crippen molar-refractivity contribution < 1.29 is 4.79 Å². The molecular formula is C15H19ClN4O. The Kier molecular flexibility index (Phi) is 4.53. The smallest absolute Gasteiger partial charge is 0.221 e. The summed E-state index contributed by atoms with van der Waals surface area (Å²) in [6.45, 7) is 6.18. The molecule has 0 aliphatic rings. The number of anilines is 2. The third-order valence-electron chi connectivity index (χ3n) is 3.41. The highest BCUT2D eigenvalue weighted by Crippen LogP contribution is 2.26. The van der Waals surface area contributed by atoms with Crippen LogP contribution in [0, 0.1) is 13.8 Å². The monoisotopic (exact) mass is 306 g/mol. The number of benzene rings is 1. The standard InChI is InChI=1S/C15H19ClN4O/c1-9-13(10(2)20(4)19-9)8-17-12-5-6-15(14(16)7-12)18-11(3)21/h5-7,17H,8H2,1-4H3,(H,18,21). The summed E-state index contributed by atoms with van der Waals surface area (Å²) in [4.78, 5) is 11.0. The minimum Gasteiger partial charge on any atom is -0.381 e. The van der Waals surface area contributed by atoms with Crippen LogP contribution in [0.15, 0.2) is 18.2 Å². The third kappa shape index (κ3) is 3.55. The predicted octanol–water partition coefficient (Wildman–Crippen LogP) is 3.26. The fraction of sp³-hybridized carbons (Fsp3) is 0.333. The molecule has 0 aliphatic carbocycles. The zero-order valence-electron chi connectivity index (χ0n) is 12.6. The molecule has 0 spiro atoms. The molecule has 0 atom stereocenters. The average Bonchev–Trinajstić information content (AvgIpc) is 2.64. The molecule has 1 aromatic heterocycles. The van der Waals surface area contributed by atoms with Crippen LogP contribution < -0.4 is 10.6 Å². The van der Waals surface area contributed by atoms with Crippen molar-refractivity contribution in [2.45, 2.75) is 27.3 Å². The maximum Gasteiger partial charge on any atom is 0.221 e. The first-order valence-electron chi connectivity index (χ1n) is 6.68. The van der Waals surface area contributed by atoms with Gasteiger partial charge >= 0.3 is 0 Å². The van der Waals surface area contributed by atoms with E-state index in [1.807, 2.05) is 31.6 Å². The second kappa shape index (κ2) is 6.18. The van der Waals surface area contributed by atoms with E-state index in [-0.39, 0.29) is 5.91 Å². The van der Waals surface area contributed by atoms with Crippen molar-refractivity contribution in [3.8, 4) is 0 Å². The second-order valence-electron chi connectivity index (χ2n) is 5.00. The second-order valence-corrected chi connectivity index (χ2v) is 5.41. The van der Waals surface area contributed by atoms with Gasteiger partial charge in [0.1, 0.15) is 0 Å². The molecule has 0 saturated heterocycles. The Bertz CT molecular complexity index is 679. The van der Waals surface area contributed by atoms with E-state index in [4.69, 9.17) is 11.6 Å². The molecule has 0 fully saturated rings. The summed E-state index contributed by atoms with van der Waals surface area (Å²) < 4.78 is 1.87. The van der Waals surface area contributed by atoms with E-state index >= 15 is 0 Å².